The van der Waals surface area contributed by atoms with Crippen LogP contribution in [0.5, 0.6) is 0 Å². The van der Waals surface area contributed by atoms with E-state index in [1.807, 2.05) is 4.90 Å². The zero-order chi connectivity index (χ0) is 15.1. The Bertz CT molecular complexity index is 548. The second-order valence-corrected chi connectivity index (χ2v) is 5.02. The van der Waals surface area contributed by atoms with Gasteiger partial charge in [0.2, 0.25) is 0 Å². The number of carbonyl (C=O) groups excluding carboxylic acids is 1. The second-order valence-electron chi connectivity index (χ2n) is 5.02. The first kappa shape index (κ1) is 15.5. The van der Waals surface area contributed by atoms with E-state index in [9.17, 15) is 4.79 Å². The van der Waals surface area contributed by atoms with Gasteiger partial charge in [-0.2, -0.15) is 0 Å². The van der Waals surface area contributed by atoms with Crippen LogP contribution in [0.25, 0.3) is 0 Å². The monoisotopic (exact) mass is 288 g/mol. The molecule has 5 heteroatoms. The maximum atomic E-state index is 12.7. The van der Waals surface area contributed by atoms with E-state index in [4.69, 9.17) is 10.2 Å². The minimum Gasteiger partial charge on any atom is -0.396 e. The molecule has 1 atom stereocenters. The number of hydrogen-bond donors (Lipinski definition) is 2. The molecule has 0 radical (unpaired) electrons. The lowest BCUT2D eigenvalue weighted by Crippen LogP contribution is -2.36. The topological polar surface area (TPSA) is 73.7 Å². The van der Waals surface area contributed by atoms with Crippen molar-refractivity contribution in [1.29, 1.82) is 0 Å². The summed E-state index contributed by atoms with van der Waals surface area (Å²) in [6.07, 6.45) is 5.04. The van der Waals surface area contributed by atoms with E-state index in [2.05, 4.69) is 16.8 Å². The van der Waals surface area contributed by atoms with Gasteiger partial charge in [-0.05, 0) is 37.8 Å². The van der Waals surface area contributed by atoms with E-state index in [-0.39, 0.29) is 25.2 Å². The number of amides is 1. The molecule has 2 rings (SSSR count). The molecule has 0 aromatic carbocycles. The number of aliphatic hydroxyl groups excluding tert-OH is 2. The number of aromatic nitrogens is 1. The van der Waals surface area contributed by atoms with E-state index in [0.29, 0.717) is 17.7 Å². The molecule has 112 valence electrons. The molecule has 5 nitrogen and oxygen atoms in total. The predicted molar refractivity (Wildman–Crippen MR) is 78.6 cm³/mol. The molecule has 1 aliphatic rings. The van der Waals surface area contributed by atoms with Gasteiger partial charge in [0, 0.05) is 25.4 Å². The Morgan fingerprint density at radius 3 is 3.10 bits per heavy atom. The van der Waals surface area contributed by atoms with Gasteiger partial charge in [-0.25, -0.2) is 4.98 Å². The van der Waals surface area contributed by atoms with Gasteiger partial charge in [0.1, 0.15) is 12.3 Å². The standard InChI is InChI=1S/C16H20N2O3/c19-11-3-6-13-5-1-9-17-15(13)16(21)18-10-2-7-14(18)8-4-12-20/h1,5,9,14,19-20H,2,4,7-8,10-12H2. The number of nitrogens with zero attached hydrogens (tertiary/aromatic N) is 2. The van der Waals surface area contributed by atoms with E-state index < -0.39 is 0 Å². The predicted octanol–water partition coefficient (Wildman–Crippen LogP) is 0.802. The van der Waals surface area contributed by atoms with E-state index in [1.54, 1.807) is 18.3 Å². The molecule has 0 spiro atoms. The number of rotatable bonds is 4. The van der Waals surface area contributed by atoms with Crippen molar-refractivity contribution in [3.05, 3.63) is 29.6 Å². The molecule has 0 aliphatic carbocycles. The van der Waals surface area contributed by atoms with Crippen molar-refractivity contribution in [2.45, 2.75) is 31.7 Å². The molecule has 1 unspecified atom stereocenters. The van der Waals surface area contributed by atoms with Crippen LogP contribution in [-0.4, -0.2) is 51.8 Å². The Hall–Kier alpha value is -1.90. The quantitative estimate of drug-likeness (QED) is 0.804. The molecule has 1 saturated heterocycles. The molecule has 21 heavy (non-hydrogen) atoms. The number of pyridine rings is 1. The van der Waals surface area contributed by atoms with Gasteiger partial charge in [0.15, 0.2) is 0 Å². The highest BCUT2D eigenvalue weighted by molar-refractivity contribution is 5.95. The van der Waals surface area contributed by atoms with Gasteiger partial charge in [-0.3, -0.25) is 4.79 Å². The summed E-state index contributed by atoms with van der Waals surface area (Å²) in [5, 5.41) is 17.7. The van der Waals surface area contributed by atoms with Crippen molar-refractivity contribution in [2.24, 2.45) is 0 Å². The maximum absolute atomic E-state index is 12.7. The third-order valence-corrected chi connectivity index (χ3v) is 3.65. The van der Waals surface area contributed by atoms with Gasteiger partial charge >= 0.3 is 0 Å². The number of likely N-dealkylation sites (tertiary alicyclic amines) is 1. The Morgan fingerprint density at radius 2 is 2.33 bits per heavy atom. The average Bonchev–Trinajstić information content (AvgIpc) is 2.99. The van der Waals surface area contributed by atoms with E-state index in [0.717, 1.165) is 25.8 Å². The molecular formula is C16H20N2O3. The molecule has 1 aliphatic heterocycles. The van der Waals surface area contributed by atoms with Gasteiger partial charge < -0.3 is 15.1 Å². The van der Waals surface area contributed by atoms with Crippen molar-refractivity contribution < 1.29 is 15.0 Å². The highest BCUT2D eigenvalue weighted by Gasteiger charge is 2.30. The minimum absolute atomic E-state index is 0.113. The molecule has 1 aromatic heterocycles. The summed E-state index contributed by atoms with van der Waals surface area (Å²) in [7, 11) is 0. The molecule has 0 bridgehead atoms. The second kappa shape index (κ2) is 7.77. The smallest absolute Gasteiger partial charge is 0.273 e. The third-order valence-electron chi connectivity index (χ3n) is 3.65. The summed E-state index contributed by atoms with van der Waals surface area (Å²) >= 11 is 0. The number of carbonyl (C=O) groups is 1. The highest BCUT2D eigenvalue weighted by atomic mass is 16.3. The lowest BCUT2D eigenvalue weighted by molar-refractivity contribution is 0.0718. The van der Waals surface area contributed by atoms with Crippen LogP contribution in [0.1, 0.15) is 41.7 Å². The zero-order valence-electron chi connectivity index (χ0n) is 12.0. The van der Waals surface area contributed by atoms with Crippen LogP contribution in [0, 0.1) is 11.8 Å². The van der Waals surface area contributed by atoms with Crippen LogP contribution in [-0.2, 0) is 0 Å². The molecule has 2 N–H and O–H groups in total. The molecule has 0 saturated carbocycles. The van der Waals surface area contributed by atoms with Gasteiger partial charge in [0.05, 0.1) is 5.56 Å². The first-order valence-corrected chi connectivity index (χ1v) is 7.24. The average molecular weight is 288 g/mol. The number of hydrogen-bond acceptors (Lipinski definition) is 4. The van der Waals surface area contributed by atoms with Crippen LogP contribution in [0.15, 0.2) is 18.3 Å². The fourth-order valence-electron chi connectivity index (χ4n) is 2.68. The molecular weight excluding hydrogens is 268 g/mol. The molecule has 1 aromatic rings. The lowest BCUT2D eigenvalue weighted by Gasteiger charge is -2.24. The zero-order valence-corrected chi connectivity index (χ0v) is 12.0. The summed E-state index contributed by atoms with van der Waals surface area (Å²) in [6, 6.07) is 3.64. The van der Waals surface area contributed by atoms with Crippen LogP contribution in [0.4, 0.5) is 0 Å². The van der Waals surface area contributed by atoms with Crippen LogP contribution < -0.4 is 0 Å². The van der Waals surface area contributed by atoms with Crippen molar-refractivity contribution >= 4 is 5.91 Å². The van der Waals surface area contributed by atoms with Crippen LogP contribution >= 0.6 is 0 Å². The third kappa shape index (κ3) is 3.81. The Morgan fingerprint density at radius 1 is 1.48 bits per heavy atom. The first-order chi connectivity index (χ1) is 10.3. The van der Waals surface area contributed by atoms with Crippen molar-refractivity contribution in [3.8, 4) is 11.8 Å². The lowest BCUT2D eigenvalue weighted by atomic mass is 10.1. The molecule has 1 amide bonds. The van der Waals surface area contributed by atoms with Crippen LogP contribution in [0.2, 0.25) is 0 Å². The van der Waals surface area contributed by atoms with Gasteiger partial charge in [-0.1, -0.05) is 11.8 Å². The normalized spacial score (nSPS) is 17.4. The maximum Gasteiger partial charge on any atom is 0.273 e. The summed E-state index contributed by atoms with van der Waals surface area (Å²) in [6.45, 7) is 0.624. The highest BCUT2D eigenvalue weighted by Crippen LogP contribution is 2.23. The van der Waals surface area contributed by atoms with Gasteiger partial charge in [0.25, 0.3) is 5.91 Å². The number of aliphatic hydroxyl groups is 2. The van der Waals surface area contributed by atoms with E-state index >= 15 is 0 Å². The van der Waals surface area contributed by atoms with Crippen LogP contribution in [0.3, 0.4) is 0 Å². The summed E-state index contributed by atoms with van der Waals surface area (Å²) in [5.41, 5.74) is 0.888. The van der Waals surface area contributed by atoms with Crippen molar-refractivity contribution in [1.82, 2.24) is 9.88 Å². The summed E-state index contributed by atoms with van der Waals surface area (Å²) in [5.74, 6) is 5.22. The largest absolute Gasteiger partial charge is 0.396 e. The Labute approximate surface area is 124 Å². The minimum atomic E-state index is -0.245. The summed E-state index contributed by atoms with van der Waals surface area (Å²) < 4.78 is 0. The molecule has 1 fully saturated rings. The van der Waals surface area contributed by atoms with Crippen molar-refractivity contribution in [2.75, 3.05) is 19.8 Å². The summed E-state index contributed by atoms with van der Waals surface area (Å²) in [4.78, 5) is 18.7. The molecule has 2 heterocycles. The first-order valence-electron chi connectivity index (χ1n) is 7.24. The Balaban J connectivity index is 2.19. The van der Waals surface area contributed by atoms with Gasteiger partial charge in [-0.15, -0.1) is 0 Å². The Kier molecular flexibility index (Phi) is 5.73. The fourth-order valence-corrected chi connectivity index (χ4v) is 2.68. The van der Waals surface area contributed by atoms with Crippen molar-refractivity contribution in [3.63, 3.8) is 0 Å². The SMILES string of the molecule is O=C(c1ncccc1C#CCO)N1CCCC1CCCO. The van der Waals surface area contributed by atoms with E-state index in [1.165, 1.54) is 0 Å². The fraction of sp³-hybridized carbons (Fsp3) is 0.500.